The Kier molecular flexibility index (Phi) is 1.95. The molecule has 8 heavy (non-hydrogen) atoms. The van der Waals surface area contributed by atoms with Gasteiger partial charge in [0, 0.05) is 11.7 Å². The quantitative estimate of drug-likeness (QED) is 0.557. The molecule has 0 radical (unpaired) electrons. The molecule has 1 aliphatic rings. The van der Waals surface area contributed by atoms with E-state index in [1.165, 1.54) is 6.42 Å². The van der Waals surface area contributed by atoms with Gasteiger partial charge in [-0.15, -0.1) is 0 Å². The second-order valence-electron chi connectivity index (χ2n) is 2.25. The third-order valence-electron chi connectivity index (χ3n) is 1.72. The van der Waals surface area contributed by atoms with Crippen molar-refractivity contribution < 1.29 is 4.79 Å². The number of carbonyl (C=O) groups is 1. The summed E-state index contributed by atoms with van der Waals surface area (Å²) in [5.74, 6) is 1.15. The molecule has 0 atom stereocenters. The van der Waals surface area contributed by atoms with Crippen molar-refractivity contribution in [2.75, 3.05) is 5.75 Å². The van der Waals surface area contributed by atoms with Gasteiger partial charge in [0.05, 0.1) is 0 Å². The van der Waals surface area contributed by atoms with Gasteiger partial charge >= 0.3 is 0 Å². The summed E-state index contributed by atoms with van der Waals surface area (Å²) in [5, 5.41) is 0. The maximum atomic E-state index is 10.7. The van der Waals surface area contributed by atoms with Crippen LogP contribution in [0.5, 0.6) is 0 Å². The van der Waals surface area contributed by atoms with E-state index in [1.54, 1.807) is 0 Å². The molecule has 0 aromatic carbocycles. The van der Waals surface area contributed by atoms with Crippen LogP contribution in [-0.2, 0) is 4.79 Å². The van der Waals surface area contributed by atoms with Crippen LogP contribution in [0.4, 0.5) is 0 Å². The SMILES string of the molecule is O=C(CS)C1CCC1. The van der Waals surface area contributed by atoms with E-state index < -0.39 is 0 Å². The molecular formula is C6H10OS. The van der Waals surface area contributed by atoms with Crippen LogP contribution in [-0.4, -0.2) is 11.5 Å². The Labute approximate surface area is 54.9 Å². The monoisotopic (exact) mass is 130 g/mol. The number of hydrogen-bond acceptors (Lipinski definition) is 2. The Morgan fingerprint density at radius 1 is 1.62 bits per heavy atom. The largest absolute Gasteiger partial charge is 0.298 e. The highest BCUT2D eigenvalue weighted by Crippen LogP contribution is 2.27. The van der Waals surface area contributed by atoms with E-state index in [0.29, 0.717) is 17.5 Å². The molecule has 0 amide bonds. The minimum Gasteiger partial charge on any atom is -0.298 e. The van der Waals surface area contributed by atoms with E-state index in [-0.39, 0.29) is 0 Å². The third kappa shape index (κ3) is 1.05. The van der Waals surface area contributed by atoms with Gasteiger partial charge in [0.2, 0.25) is 0 Å². The molecule has 2 heteroatoms. The van der Waals surface area contributed by atoms with Crippen molar-refractivity contribution in [1.82, 2.24) is 0 Å². The van der Waals surface area contributed by atoms with Gasteiger partial charge < -0.3 is 0 Å². The Morgan fingerprint density at radius 3 is 2.38 bits per heavy atom. The first-order valence-corrected chi connectivity index (χ1v) is 3.61. The second-order valence-corrected chi connectivity index (χ2v) is 2.57. The van der Waals surface area contributed by atoms with Gasteiger partial charge in [-0.25, -0.2) is 0 Å². The van der Waals surface area contributed by atoms with Crippen molar-refractivity contribution in [2.24, 2.45) is 5.92 Å². The predicted octanol–water partition coefficient (Wildman–Crippen LogP) is 1.29. The highest BCUT2D eigenvalue weighted by Gasteiger charge is 2.23. The predicted molar refractivity (Wildman–Crippen MR) is 36.2 cm³/mol. The lowest BCUT2D eigenvalue weighted by Gasteiger charge is -2.22. The van der Waals surface area contributed by atoms with E-state index in [0.717, 1.165) is 12.8 Å². The lowest BCUT2D eigenvalue weighted by atomic mass is 9.83. The first kappa shape index (κ1) is 6.14. The standard InChI is InChI=1S/C6H10OS/c7-6(4-8)5-2-1-3-5/h5,8H,1-4H2. The molecule has 1 rings (SSSR count). The van der Waals surface area contributed by atoms with Crippen molar-refractivity contribution in [3.63, 3.8) is 0 Å². The molecule has 1 fully saturated rings. The van der Waals surface area contributed by atoms with Crippen molar-refractivity contribution in [3.05, 3.63) is 0 Å². The maximum Gasteiger partial charge on any atom is 0.145 e. The fraction of sp³-hybridized carbons (Fsp3) is 0.833. The Balaban J connectivity index is 2.24. The summed E-state index contributed by atoms with van der Waals surface area (Å²) in [7, 11) is 0. The van der Waals surface area contributed by atoms with Gasteiger partial charge in [0.25, 0.3) is 0 Å². The van der Waals surface area contributed by atoms with E-state index in [2.05, 4.69) is 12.6 Å². The molecule has 1 aliphatic carbocycles. The first-order valence-electron chi connectivity index (χ1n) is 2.98. The topological polar surface area (TPSA) is 17.1 Å². The third-order valence-corrected chi connectivity index (χ3v) is 2.03. The lowest BCUT2D eigenvalue weighted by Crippen LogP contribution is -2.22. The van der Waals surface area contributed by atoms with Crippen molar-refractivity contribution in [2.45, 2.75) is 19.3 Å². The lowest BCUT2D eigenvalue weighted by molar-refractivity contribution is -0.122. The Bertz CT molecular complexity index is 96.7. The van der Waals surface area contributed by atoms with E-state index >= 15 is 0 Å². The zero-order valence-electron chi connectivity index (χ0n) is 4.76. The zero-order valence-corrected chi connectivity index (χ0v) is 5.66. The minimum atomic E-state index is 0.333. The maximum absolute atomic E-state index is 10.7. The molecule has 0 heterocycles. The van der Waals surface area contributed by atoms with E-state index in [4.69, 9.17) is 0 Å². The van der Waals surface area contributed by atoms with Gasteiger partial charge in [-0.2, -0.15) is 12.6 Å². The van der Waals surface area contributed by atoms with Crippen LogP contribution in [0, 0.1) is 5.92 Å². The molecule has 46 valence electrons. The van der Waals surface area contributed by atoms with Crippen LogP contribution in [0.25, 0.3) is 0 Å². The highest BCUT2D eigenvalue weighted by atomic mass is 32.1. The fourth-order valence-corrected chi connectivity index (χ4v) is 1.12. The Morgan fingerprint density at radius 2 is 2.25 bits per heavy atom. The van der Waals surface area contributed by atoms with Crippen LogP contribution in [0.2, 0.25) is 0 Å². The van der Waals surface area contributed by atoms with Crippen molar-refractivity contribution in [3.8, 4) is 0 Å². The molecule has 0 unspecified atom stereocenters. The summed E-state index contributed by atoms with van der Waals surface area (Å²) < 4.78 is 0. The van der Waals surface area contributed by atoms with Crippen LogP contribution in [0.3, 0.4) is 0 Å². The molecule has 0 bridgehead atoms. The molecule has 0 spiro atoms. The normalized spacial score (nSPS) is 20.1. The van der Waals surface area contributed by atoms with Crippen LogP contribution < -0.4 is 0 Å². The second kappa shape index (κ2) is 2.53. The van der Waals surface area contributed by atoms with Gasteiger partial charge in [0.1, 0.15) is 5.78 Å². The van der Waals surface area contributed by atoms with Gasteiger partial charge in [-0.3, -0.25) is 4.79 Å². The summed E-state index contributed by atoms with van der Waals surface area (Å²) >= 11 is 3.89. The number of hydrogen-bond donors (Lipinski definition) is 1. The molecule has 1 saturated carbocycles. The average molecular weight is 130 g/mol. The van der Waals surface area contributed by atoms with Gasteiger partial charge in [-0.05, 0) is 12.8 Å². The summed E-state index contributed by atoms with van der Waals surface area (Å²) in [5.41, 5.74) is 0. The van der Waals surface area contributed by atoms with Crippen molar-refractivity contribution in [1.29, 1.82) is 0 Å². The summed E-state index contributed by atoms with van der Waals surface area (Å²) in [6, 6.07) is 0. The fourth-order valence-electron chi connectivity index (χ4n) is 0.859. The first-order chi connectivity index (χ1) is 3.84. The molecule has 0 aromatic rings. The number of Topliss-reactive ketones (excluding diaryl/α,β-unsaturated/α-hetero) is 1. The van der Waals surface area contributed by atoms with Gasteiger partial charge in [0.15, 0.2) is 0 Å². The average Bonchev–Trinajstić information content (AvgIpc) is 1.62. The van der Waals surface area contributed by atoms with E-state index in [9.17, 15) is 4.79 Å². The van der Waals surface area contributed by atoms with E-state index in [1.807, 2.05) is 0 Å². The number of rotatable bonds is 2. The molecule has 1 nitrogen and oxygen atoms in total. The number of thiol groups is 1. The molecule has 0 N–H and O–H groups in total. The highest BCUT2D eigenvalue weighted by molar-refractivity contribution is 7.81. The zero-order chi connectivity index (χ0) is 5.98. The minimum absolute atomic E-state index is 0.333. The number of ketones is 1. The molecule has 0 saturated heterocycles. The summed E-state index contributed by atoms with van der Waals surface area (Å²) in [6.07, 6.45) is 3.46. The molecule has 0 aromatic heterocycles. The number of carbonyl (C=O) groups excluding carboxylic acids is 1. The smallest absolute Gasteiger partial charge is 0.145 e. The van der Waals surface area contributed by atoms with Crippen molar-refractivity contribution >= 4 is 18.4 Å². The summed E-state index contributed by atoms with van der Waals surface area (Å²) in [4.78, 5) is 10.7. The summed E-state index contributed by atoms with van der Waals surface area (Å²) in [6.45, 7) is 0. The van der Waals surface area contributed by atoms with Crippen LogP contribution >= 0.6 is 12.6 Å². The van der Waals surface area contributed by atoms with Crippen LogP contribution in [0.15, 0.2) is 0 Å². The molecular weight excluding hydrogens is 120 g/mol. The Hall–Kier alpha value is 0.0200. The van der Waals surface area contributed by atoms with Gasteiger partial charge in [-0.1, -0.05) is 6.42 Å². The molecule has 0 aliphatic heterocycles. The van der Waals surface area contributed by atoms with Crippen LogP contribution in [0.1, 0.15) is 19.3 Å².